The van der Waals surface area contributed by atoms with Gasteiger partial charge < -0.3 is 15.1 Å². The number of aliphatic hydroxyl groups is 1. The van der Waals surface area contributed by atoms with Crippen LogP contribution in [0, 0.1) is 11.6 Å². The van der Waals surface area contributed by atoms with Crippen LogP contribution in [0.25, 0.3) is 0 Å². The molecule has 1 aromatic carbocycles. The highest BCUT2D eigenvalue weighted by atomic mass is 19.1. The van der Waals surface area contributed by atoms with Crippen LogP contribution in [0.2, 0.25) is 0 Å². The van der Waals surface area contributed by atoms with Gasteiger partial charge in [-0.25, -0.2) is 8.78 Å². The third-order valence-electron chi connectivity index (χ3n) is 3.66. The van der Waals surface area contributed by atoms with Crippen LogP contribution in [0.3, 0.4) is 0 Å². The molecular formula is C14H16F2N2O4. The molecule has 1 aliphatic rings. The fraction of sp³-hybridized carbons (Fsp3) is 0.429. The number of β-amino-alcohol motifs (C(OH)–C–C–N with tert-alkyl or cyclic N) is 1. The van der Waals surface area contributed by atoms with Crippen molar-refractivity contribution in [3.63, 3.8) is 0 Å². The maximum atomic E-state index is 13.6. The number of hydrogen-bond acceptors (Lipinski definition) is 4. The van der Waals surface area contributed by atoms with E-state index in [1.54, 1.807) is 0 Å². The summed E-state index contributed by atoms with van der Waals surface area (Å²) in [6, 6.07) is 2.01. The maximum Gasteiger partial charge on any atom is 0.317 e. The first kappa shape index (κ1) is 16.3. The topological polar surface area (TPSA) is 81.1 Å². The lowest BCUT2D eigenvalue weighted by molar-refractivity contribution is -0.138. The summed E-state index contributed by atoms with van der Waals surface area (Å²) in [6.45, 7) is -0.318. The second-order valence-corrected chi connectivity index (χ2v) is 5.28. The van der Waals surface area contributed by atoms with Crippen LogP contribution < -0.4 is 0 Å². The molecule has 1 fully saturated rings. The molecule has 2 N–H and O–H groups in total. The smallest absolute Gasteiger partial charge is 0.317 e. The van der Waals surface area contributed by atoms with E-state index in [-0.39, 0.29) is 19.6 Å². The Labute approximate surface area is 125 Å². The predicted molar refractivity (Wildman–Crippen MR) is 72.3 cm³/mol. The van der Waals surface area contributed by atoms with Crippen molar-refractivity contribution in [3.05, 3.63) is 35.4 Å². The lowest BCUT2D eigenvalue weighted by Crippen LogP contribution is -2.43. The Morgan fingerprint density at radius 3 is 2.68 bits per heavy atom. The van der Waals surface area contributed by atoms with Crippen LogP contribution in [-0.4, -0.2) is 70.7 Å². The summed E-state index contributed by atoms with van der Waals surface area (Å²) in [6.07, 6.45) is -0.954. The highest BCUT2D eigenvalue weighted by Crippen LogP contribution is 2.20. The van der Waals surface area contributed by atoms with Gasteiger partial charge in [0.05, 0.1) is 24.3 Å². The second kappa shape index (κ2) is 6.37. The Hall–Kier alpha value is -2.06. The molecule has 1 aliphatic heterocycles. The van der Waals surface area contributed by atoms with Gasteiger partial charge in [0.15, 0.2) is 0 Å². The molecule has 0 aliphatic carbocycles. The number of likely N-dealkylation sites (N-methyl/N-ethyl adjacent to an activating group) is 1. The molecule has 1 unspecified atom stereocenters. The van der Waals surface area contributed by atoms with Crippen LogP contribution in [0.15, 0.2) is 18.2 Å². The fourth-order valence-corrected chi connectivity index (χ4v) is 2.53. The van der Waals surface area contributed by atoms with Gasteiger partial charge in [0, 0.05) is 13.1 Å². The number of amides is 1. The molecular weight excluding hydrogens is 298 g/mol. The number of benzene rings is 1. The summed E-state index contributed by atoms with van der Waals surface area (Å²) < 4.78 is 26.8. The van der Waals surface area contributed by atoms with E-state index in [0.717, 1.165) is 18.2 Å². The van der Waals surface area contributed by atoms with Gasteiger partial charge in [0.2, 0.25) is 0 Å². The largest absolute Gasteiger partial charge is 0.480 e. The van der Waals surface area contributed by atoms with E-state index >= 15 is 0 Å². The molecule has 1 amide bonds. The SMILES string of the molecule is CN(CC(=O)O)C1CN(C(=O)c2cc(F)ccc2F)C[C@H]1O. The summed E-state index contributed by atoms with van der Waals surface area (Å²) in [5, 5.41) is 18.7. The van der Waals surface area contributed by atoms with Crippen LogP contribution in [0.5, 0.6) is 0 Å². The Morgan fingerprint density at radius 2 is 2.05 bits per heavy atom. The van der Waals surface area contributed by atoms with Gasteiger partial charge in [-0.15, -0.1) is 0 Å². The van der Waals surface area contributed by atoms with Gasteiger partial charge >= 0.3 is 5.97 Å². The number of aliphatic carboxylic acids is 1. The van der Waals surface area contributed by atoms with Gasteiger partial charge in [-0.2, -0.15) is 0 Å². The van der Waals surface area contributed by atoms with Gasteiger partial charge in [-0.05, 0) is 25.2 Å². The number of hydrogen-bond donors (Lipinski definition) is 2. The van der Waals surface area contributed by atoms with Crippen molar-refractivity contribution in [1.29, 1.82) is 0 Å². The van der Waals surface area contributed by atoms with Crippen molar-refractivity contribution >= 4 is 11.9 Å². The number of nitrogens with zero attached hydrogens (tertiary/aromatic N) is 2. The van der Waals surface area contributed by atoms with Crippen molar-refractivity contribution in [2.45, 2.75) is 12.1 Å². The van der Waals surface area contributed by atoms with Crippen LogP contribution in [-0.2, 0) is 4.79 Å². The lowest BCUT2D eigenvalue weighted by Gasteiger charge is -2.24. The van der Waals surface area contributed by atoms with E-state index < -0.39 is 41.2 Å². The van der Waals surface area contributed by atoms with Crippen molar-refractivity contribution < 1.29 is 28.6 Å². The third-order valence-corrected chi connectivity index (χ3v) is 3.66. The average molecular weight is 314 g/mol. The predicted octanol–water partition coefficient (Wildman–Crippen LogP) is 0.166. The molecule has 0 saturated carbocycles. The van der Waals surface area contributed by atoms with E-state index in [9.17, 15) is 23.5 Å². The quantitative estimate of drug-likeness (QED) is 0.828. The Bertz CT molecular complexity index is 596. The minimum Gasteiger partial charge on any atom is -0.480 e. The number of aliphatic hydroxyl groups excluding tert-OH is 1. The number of carbonyl (C=O) groups excluding carboxylic acids is 1. The van der Waals surface area contributed by atoms with Gasteiger partial charge in [-0.3, -0.25) is 14.5 Å². The molecule has 8 heteroatoms. The normalized spacial score (nSPS) is 21.4. The number of halogens is 2. The summed E-state index contributed by atoms with van der Waals surface area (Å²) >= 11 is 0. The van der Waals surface area contributed by atoms with Crippen molar-refractivity contribution in [2.75, 3.05) is 26.7 Å². The minimum absolute atomic E-state index is 0.0414. The maximum absolute atomic E-state index is 13.6. The molecule has 0 spiro atoms. The monoisotopic (exact) mass is 314 g/mol. The minimum atomic E-state index is -1.06. The molecule has 0 bridgehead atoms. The van der Waals surface area contributed by atoms with Crippen molar-refractivity contribution in [3.8, 4) is 0 Å². The fourth-order valence-electron chi connectivity index (χ4n) is 2.53. The van der Waals surface area contributed by atoms with Crippen LogP contribution >= 0.6 is 0 Å². The molecule has 1 aromatic rings. The van der Waals surface area contributed by atoms with Crippen LogP contribution in [0.1, 0.15) is 10.4 Å². The number of rotatable bonds is 4. The first-order chi connectivity index (χ1) is 10.3. The zero-order valence-corrected chi connectivity index (χ0v) is 11.9. The standard InChI is InChI=1S/C14H16F2N2O4/c1-17(7-13(20)21)11-5-18(6-12(11)19)14(22)9-4-8(15)2-3-10(9)16/h2-4,11-12,19H,5-7H2,1H3,(H,20,21)/t11?,12-/m1/s1. The van der Waals surface area contributed by atoms with E-state index in [1.165, 1.54) is 16.8 Å². The first-order valence-electron chi connectivity index (χ1n) is 6.64. The number of carboxylic acids is 1. The van der Waals surface area contributed by atoms with E-state index in [2.05, 4.69) is 0 Å². The highest BCUT2D eigenvalue weighted by Gasteiger charge is 2.37. The van der Waals surface area contributed by atoms with E-state index in [4.69, 9.17) is 5.11 Å². The molecule has 1 heterocycles. The summed E-state index contributed by atoms with van der Waals surface area (Å²) in [7, 11) is 1.51. The Balaban J connectivity index is 2.13. The van der Waals surface area contributed by atoms with Gasteiger partial charge in [-0.1, -0.05) is 0 Å². The summed E-state index contributed by atoms with van der Waals surface area (Å²) in [5.74, 6) is -3.37. The van der Waals surface area contributed by atoms with Crippen LogP contribution in [0.4, 0.5) is 8.78 Å². The molecule has 2 atom stereocenters. The number of likely N-dealkylation sites (tertiary alicyclic amines) is 1. The zero-order valence-electron chi connectivity index (χ0n) is 11.9. The highest BCUT2D eigenvalue weighted by molar-refractivity contribution is 5.94. The molecule has 22 heavy (non-hydrogen) atoms. The molecule has 0 aromatic heterocycles. The lowest BCUT2D eigenvalue weighted by atomic mass is 10.2. The Kier molecular flexibility index (Phi) is 4.72. The van der Waals surface area contributed by atoms with E-state index in [1.807, 2.05) is 0 Å². The molecule has 2 rings (SSSR count). The van der Waals surface area contributed by atoms with Crippen molar-refractivity contribution in [1.82, 2.24) is 9.80 Å². The van der Waals surface area contributed by atoms with Gasteiger partial charge in [0.25, 0.3) is 5.91 Å². The summed E-state index contributed by atoms with van der Waals surface area (Å²) in [5.41, 5.74) is -0.409. The summed E-state index contributed by atoms with van der Waals surface area (Å²) in [4.78, 5) is 25.5. The van der Waals surface area contributed by atoms with Crippen molar-refractivity contribution in [2.24, 2.45) is 0 Å². The molecule has 120 valence electrons. The van der Waals surface area contributed by atoms with Gasteiger partial charge in [0.1, 0.15) is 11.6 Å². The number of carboxylic acid groups (broad SMARTS) is 1. The second-order valence-electron chi connectivity index (χ2n) is 5.28. The number of carbonyl (C=O) groups is 2. The zero-order chi connectivity index (χ0) is 16.4. The average Bonchev–Trinajstić information content (AvgIpc) is 2.82. The molecule has 6 nitrogen and oxygen atoms in total. The third kappa shape index (κ3) is 3.40. The molecule has 0 radical (unpaired) electrons. The molecule has 1 saturated heterocycles. The first-order valence-corrected chi connectivity index (χ1v) is 6.64. The van der Waals surface area contributed by atoms with E-state index in [0.29, 0.717) is 0 Å². The Morgan fingerprint density at radius 1 is 1.36 bits per heavy atom.